The highest BCUT2D eigenvalue weighted by Crippen LogP contribution is 2.13. The van der Waals surface area contributed by atoms with Crippen molar-refractivity contribution in [3.05, 3.63) is 0 Å². The largest absolute Gasteiger partial charge is 0.468 e. The fourth-order valence-corrected chi connectivity index (χ4v) is 3.05. The van der Waals surface area contributed by atoms with E-state index in [1.807, 2.05) is 0 Å². The van der Waals surface area contributed by atoms with Crippen molar-refractivity contribution in [1.29, 1.82) is 0 Å². The normalized spacial score (nSPS) is 23.0. The van der Waals surface area contributed by atoms with Crippen LogP contribution in [0.4, 0.5) is 0 Å². The highest BCUT2D eigenvalue weighted by Gasteiger charge is 2.26. The number of rotatable bonds is 5. The Hall–Kier alpha value is -0.660. The number of nitrogens with one attached hydrogen (secondary N) is 1. The molecule has 0 aromatic carbocycles. The highest BCUT2D eigenvalue weighted by atomic mass is 32.2. The minimum atomic E-state index is -3.50. The van der Waals surface area contributed by atoms with E-state index in [0.717, 1.165) is 12.8 Å². The zero-order valence-electron chi connectivity index (χ0n) is 9.43. The Morgan fingerprint density at radius 1 is 1.62 bits per heavy atom. The van der Waals surface area contributed by atoms with Gasteiger partial charge in [0.15, 0.2) is 0 Å². The van der Waals surface area contributed by atoms with Crippen molar-refractivity contribution in [2.45, 2.75) is 31.9 Å². The van der Waals surface area contributed by atoms with Gasteiger partial charge in [0, 0.05) is 6.61 Å². The molecule has 1 saturated heterocycles. The van der Waals surface area contributed by atoms with Gasteiger partial charge < -0.3 is 9.47 Å². The zero-order chi connectivity index (χ0) is 12.2. The molecule has 0 spiro atoms. The van der Waals surface area contributed by atoms with Gasteiger partial charge in [-0.2, -0.15) is 0 Å². The molecule has 7 heteroatoms. The van der Waals surface area contributed by atoms with Crippen molar-refractivity contribution >= 4 is 16.0 Å². The molecule has 2 atom stereocenters. The molecule has 0 radical (unpaired) electrons. The molecule has 1 rings (SSSR count). The molecule has 0 saturated carbocycles. The summed E-state index contributed by atoms with van der Waals surface area (Å²) in [6, 6.07) is -0.864. The molecule has 1 aliphatic heterocycles. The third kappa shape index (κ3) is 4.07. The number of hydrogen-bond acceptors (Lipinski definition) is 5. The van der Waals surface area contributed by atoms with Crippen LogP contribution in [-0.4, -0.2) is 46.0 Å². The van der Waals surface area contributed by atoms with Crippen molar-refractivity contribution in [2.24, 2.45) is 0 Å². The van der Waals surface area contributed by atoms with E-state index in [2.05, 4.69) is 9.46 Å². The molecule has 0 aromatic rings. The lowest BCUT2D eigenvalue weighted by Crippen LogP contribution is -2.42. The summed E-state index contributed by atoms with van der Waals surface area (Å²) in [6.07, 6.45) is 1.36. The molecule has 1 N–H and O–H groups in total. The maximum absolute atomic E-state index is 11.6. The van der Waals surface area contributed by atoms with Gasteiger partial charge in [0.1, 0.15) is 6.04 Å². The van der Waals surface area contributed by atoms with Crippen LogP contribution in [0.15, 0.2) is 0 Å². The molecule has 0 aliphatic carbocycles. The molecular formula is C9H17NO5S. The van der Waals surface area contributed by atoms with Crippen LogP contribution < -0.4 is 4.72 Å². The molecule has 1 fully saturated rings. The Labute approximate surface area is 95.4 Å². The molecule has 16 heavy (non-hydrogen) atoms. The van der Waals surface area contributed by atoms with Crippen LogP contribution in [-0.2, 0) is 24.3 Å². The second-order valence-corrected chi connectivity index (χ2v) is 5.58. The minimum Gasteiger partial charge on any atom is -0.468 e. The summed E-state index contributed by atoms with van der Waals surface area (Å²) in [5, 5.41) is 0. The van der Waals surface area contributed by atoms with Crippen LogP contribution in [0.2, 0.25) is 0 Å². The predicted molar refractivity (Wildman–Crippen MR) is 57.4 cm³/mol. The van der Waals surface area contributed by atoms with E-state index in [0.29, 0.717) is 6.61 Å². The third-order valence-corrected chi connectivity index (χ3v) is 3.86. The fraction of sp³-hybridized carbons (Fsp3) is 0.889. The van der Waals surface area contributed by atoms with Gasteiger partial charge in [-0.25, -0.2) is 13.1 Å². The van der Waals surface area contributed by atoms with Gasteiger partial charge in [0.05, 0.1) is 19.0 Å². The van der Waals surface area contributed by atoms with Crippen LogP contribution in [0.3, 0.4) is 0 Å². The lowest BCUT2D eigenvalue weighted by atomic mass is 10.3. The lowest BCUT2D eigenvalue weighted by Gasteiger charge is -2.14. The van der Waals surface area contributed by atoms with Gasteiger partial charge in [0.25, 0.3) is 0 Å². The average Bonchev–Trinajstić information content (AvgIpc) is 2.67. The molecular weight excluding hydrogens is 234 g/mol. The predicted octanol–water partition coefficient (Wildman–Crippen LogP) is -0.354. The van der Waals surface area contributed by atoms with Gasteiger partial charge in [-0.05, 0) is 19.8 Å². The summed E-state index contributed by atoms with van der Waals surface area (Å²) in [4.78, 5) is 11.0. The maximum Gasteiger partial charge on any atom is 0.323 e. The van der Waals surface area contributed by atoms with Crippen molar-refractivity contribution < 1.29 is 22.7 Å². The molecule has 6 nitrogen and oxygen atoms in total. The Bertz CT molecular complexity index is 334. The van der Waals surface area contributed by atoms with Crippen LogP contribution in [0, 0.1) is 0 Å². The number of esters is 1. The summed E-state index contributed by atoms with van der Waals surface area (Å²) in [5.41, 5.74) is 0. The summed E-state index contributed by atoms with van der Waals surface area (Å²) < 4.78 is 35.1. The van der Waals surface area contributed by atoms with Crippen LogP contribution >= 0.6 is 0 Å². The van der Waals surface area contributed by atoms with Crippen molar-refractivity contribution in [2.75, 3.05) is 19.5 Å². The standard InChI is InChI=1S/C9H17NO5S/c1-7(9(11)14-2)10-16(12,13)6-8-4-3-5-15-8/h7-8,10H,3-6H2,1-2H3. The van der Waals surface area contributed by atoms with Gasteiger partial charge in [-0.3, -0.25) is 4.79 Å². The van der Waals surface area contributed by atoms with E-state index >= 15 is 0 Å². The quantitative estimate of drug-likeness (QED) is 0.675. The van der Waals surface area contributed by atoms with Crippen molar-refractivity contribution in [3.63, 3.8) is 0 Å². The number of carbonyl (C=O) groups is 1. The second kappa shape index (κ2) is 5.60. The zero-order valence-corrected chi connectivity index (χ0v) is 10.2. The first kappa shape index (κ1) is 13.4. The van der Waals surface area contributed by atoms with Gasteiger partial charge >= 0.3 is 5.97 Å². The van der Waals surface area contributed by atoms with E-state index in [-0.39, 0.29) is 11.9 Å². The number of methoxy groups -OCH3 is 1. The molecule has 1 heterocycles. The van der Waals surface area contributed by atoms with Crippen LogP contribution in [0.1, 0.15) is 19.8 Å². The molecule has 0 bridgehead atoms. The molecule has 2 unspecified atom stereocenters. The van der Waals surface area contributed by atoms with Crippen molar-refractivity contribution in [3.8, 4) is 0 Å². The molecule has 1 aliphatic rings. The van der Waals surface area contributed by atoms with Crippen LogP contribution in [0.25, 0.3) is 0 Å². The van der Waals surface area contributed by atoms with E-state index in [4.69, 9.17) is 4.74 Å². The topological polar surface area (TPSA) is 81.7 Å². The number of ether oxygens (including phenoxy) is 2. The van der Waals surface area contributed by atoms with Gasteiger partial charge in [-0.15, -0.1) is 0 Å². The summed E-state index contributed by atoms with van der Waals surface area (Å²) in [7, 11) is -2.28. The van der Waals surface area contributed by atoms with E-state index in [1.54, 1.807) is 0 Å². The monoisotopic (exact) mass is 251 g/mol. The second-order valence-electron chi connectivity index (χ2n) is 3.78. The Balaban J connectivity index is 2.47. The minimum absolute atomic E-state index is 0.103. The lowest BCUT2D eigenvalue weighted by molar-refractivity contribution is -0.142. The SMILES string of the molecule is COC(=O)C(C)NS(=O)(=O)CC1CCCO1. The average molecular weight is 251 g/mol. The first-order valence-corrected chi connectivity index (χ1v) is 6.79. The molecule has 0 aromatic heterocycles. The van der Waals surface area contributed by atoms with E-state index in [1.165, 1.54) is 14.0 Å². The Morgan fingerprint density at radius 3 is 2.81 bits per heavy atom. The highest BCUT2D eigenvalue weighted by molar-refractivity contribution is 7.89. The van der Waals surface area contributed by atoms with E-state index in [9.17, 15) is 13.2 Å². The summed E-state index contributed by atoms with van der Waals surface area (Å²) in [5.74, 6) is -0.704. The fourth-order valence-electron chi connectivity index (χ4n) is 1.56. The first-order chi connectivity index (χ1) is 7.44. The van der Waals surface area contributed by atoms with Gasteiger partial charge in [0.2, 0.25) is 10.0 Å². The number of carbonyl (C=O) groups excluding carboxylic acids is 1. The smallest absolute Gasteiger partial charge is 0.323 e. The van der Waals surface area contributed by atoms with E-state index < -0.39 is 22.0 Å². The molecule has 94 valence electrons. The Kier molecular flexibility index (Phi) is 4.69. The summed E-state index contributed by atoms with van der Waals surface area (Å²) in [6.45, 7) is 2.05. The van der Waals surface area contributed by atoms with Gasteiger partial charge in [-0.1, -0.05) is 0 Å². The number of hydrogen-bond donors (Lipinski definition) is 1. The van der Waals surface area contributed by atoms with Crippen LogP contribution in [0.5, 0.6) is 0 Å². The number of sulfonamides is 1. The molecule has 0 amide bonds. The Morgan fingerprint density at radius 2 is 2.31 bits per heavy atom. The van der Waals surface area contributed by atoms with Crippen molar-refractivity contribution in [1.82, 2.24) is 4.72 Å². The first-order valence-electron chi connectivity index (χ1n) is 5.14. The maximum atomic E-state index is 11.6. The third-order valence-electron chi connectivity index (χ3n) is 2.34. The summed E-state index contributed by atoms with van der Waals surface area (Å²) >= 11 is 0.